The lowest BCUT2D eigenvalue weighted by Crippen LogP contribution is -2.34. The highest BCUT2D eigenvalue weighted by Crippen LogP contribution is 2.49. The van der Waals surface area contributed by atoms with Crippen molar-refractivity contribution in [2.24, 2.45) is 0 Å². The summed E-state index contributed by atoms with van der Waals surface area (Å²) in [6.45, 7) is 1.40. The minimum atomic E-state index is -5.06. The van der Waals surface area contributed by atoms with E-state index in [4.69, 9.17) is 34.6 Å². The predicted molar refractivity (Wildman–Crippen MR) is 83.2 cm³/mol. The molecule has 6 N–H and O–H groups in total. The van der Waals surface area contributed by atoms with Gasteiger partial charge in [-0.3, -0.25) is 13.6 Å². The molecule has 1 aliphatic rings. The van der Waals surface area contributed by atoms with E-state index in [0.717, 1.165) is 6.33 Å². The van der Waals surface area contributed by atoms with Gasteiger partial charge in [0.1, 0.15) is 24.1 Å². The number of hydrogen-bond donors (Lipinski definition) is 5. The van der Waals surface area contributed by atoms with E-state index < -0.39 is 40.2 Å². The van der Waals surface area contributed by atoms with Gasteiger partial charge in [0.2, 0.25) is 0 Å². The number of ether oxygens (including phenoxy) is 1. The molecular formula is C10H15N5O9P2. The first-order valence-corrected chi connectivity index (χ1v) is 10.1. The Morgan fingerprint density at radius 2 is 1.73 bits per heavy atom. The standard InChI is InChI=1S/C10H15N5O9P2/c1-4-6(23-25(16,17)18)7(24-26(19,20)21)10(22-4)15-3-14-5-8(11)12-2-13-9(5)15/h2-4,6-7,10H,1H3,(H2,11,12,13)(H2,16,17,18)(H2,19,20,21)/t4-,6-,7-,10-/m1/s1. The van der Waals surface area contributed by atoms with Crippen molar-refractivity contribution in [1.82, 2.24) is 19.5 Å². The van der Waals surface area contributed by atoms with Gasteiger partial charge in [-0.25, -0.2) is 24.1 Å². The summed E-state index contributed by atoms with van der Waals surface area (Å²) in [5.74, 6) is 0.0651. The lowest BCUT2D eigenvalue weighted by Gasteiger charge is -2.24. The van der Waals surface area contributed by atoms with Crippen molar-refractivity contribution < 1.29 is 42.5 Å². The van der Waals surface area contributed by atoms with Gasteiger partial charge in [0, 0.05) is 0 Å². The number of imidazole rings is 1. The number of anilines is 1. The Morgan fingerprint density at radius 3 is 2.35 bits per heavy atom. The number of aromatic nitrogens is 4. The summed E-state index contributed by atoms with van der Waals surface area (Å²) >= 11 is 0. The normalized spacial score (nSPS) is 27.3. The fourth-order valence-corrected chi connectivity index (χ4v) is 3.81. The summed E-state index contributed by atoms with van der Waals surface area (Å²) < 4.78 is 38.7. The van der Waals surface area contributed by atoms with E-state index in [2.05, 4.69) is 19.5 Å². The van der Waals surface area contributed by atoms with Gasteiger partial charge in [0.15, 0.2) is 17.7 Å². The average Bonchev–Trinajstić information content (AvgIpc) is 3.02. The van der Waals surface area contributed by atoms with E-state index in [0.29, 0.717) is 0 Å². The Hall–Kier alpha value is -1.47. The van der Waals surface area contributed by atoms with Crippen molar-refractivity contribution in [1.29, 1.82) is 0 Å². The van der Waals surface area contributed by atoms with Crippen LogP contribution in [0.2, 0.25) is 0 Å². The Bertz CT molecular complexity index is 909. The molecule has 1 aliphatic heterocycles. The zero-order valence-electron chi connectivity index (χ0n) is 13.1. The van der Waals surface area contributed by atoms with Gasteiger partial charge < -0.3 is 30.0 Å². The molecule has 16 heteroatoms. The molecule has 0 bridgehead atoms. The third-order valence-corrected chi connectivity index (χ3v) is 4.64. The molecule has 2 aromatic rings. The number of phosphoric acid groups is 2. The predicted octanol–water partition coefficient (Wildman–Crippen LogP) is -0.718. The van der Waals surface area contributed by atoms with Crippen LogP contribution in [-0.4, -0.2) is 57.4 Å². The first-order chi connectivity index (χ1) is 12.0. The maximum absolute atomic E-state index is 11.3. The summed E-state index contributed by atoms with van der Waals surface area (Å²) in [5.41, 5.74) is 6.07. The number of phosphoric ester groups is 2. The Morgan fingerprint density at radius 1 is 1.12 bits per heavy atom. The smallest absolute Gasteiger partial charge is 0.382 e. The third-order valence-electron chi connectivity index (χ3n) is 3.60. The van der Waals surface area contributed by atoms with Crippen molar-refractivity contribution in [2.75, 3.05) is 5.73 Å². The van der Waals surface area contributed by atoms with E-state index in [1.807, 2.05) is 0 Å². The summed E-state index contributed by atoms with van der Waals surface area (Å²) in [6, 6.07) is 0. The van der Waals surface area contributed by atoms with E-state index in [1.165, 1.54) is 17.8 Å². The molecule has 2 aromatic heterocycles. The van der Waals surface area contributed by atoms with Crippen molar-refractivity contribution in [3.63, 3.8) is 0 Å². The molecule has 0 aromatic carbocycles. The SMILES string of the molecule is C[C@H]1O[C@@H](n2cnc3c(N)ncnc32)[C@H](OP(=O)(O)O)[C@@H]1OP(=O)(O)O. The van der Waals surface area contributed by atoms with Crippen molar-refractivity contribution in [3.8, 4) is 0 Å². The molecule has 3 heterocycles. The van der Waals surface area contributed by atoms with Crippen LogP contribution in [0, 0.1) is 0 Å². The highest BCUT2D eigenvalue weighted by molar-refractivity contribution is 7.46. The highest BCUT2D eigenvalue weighted by atomic mass is 31.2. The summed E-state index contributed by atoms with van der Waals surface area (Å²) in [5, 5.41) is 0. The van der Waals surface area contributed by atoms with Crippen LogP contribution >= 0.6 is 15.6 Å². The maximum Gasteiger partial charge on any atom is 0.470 e. The van der Waals surface area contributed by atoms with Crippen LogP contribution in [-0.2, 0) is 22.9 Å². The van der Waals surface area contributed by atoms with E-state index in [-0.39, 0.29) is 17.0 Å². The summed E-state index contributed by atoms with van der Waals surface area (Å²) in [4.78, 5) is 48.2. The number of nitrogens with two attached hydrogens (primary N) is 1. The summed E-state index contributed by atoms with van der Waals surface area (Å²) in [7, 11) is -10.1. The minimum absolute atomic E-state index is 0.0651. The zero-order chi connectivity index (χ0) is 19.3. The van der Waals surface area contributed by atoms with Gasteiger partial charge in [-0.1, -0.05) is 0 Å². The van der Waals surface area contributed by atoms with Gasteiger partial charge in [-0.2, -0.15) is 0 Å². The molecule has 0 radical (unpaired) electrons. The second kappa shape index (κ2) is 6.60. The van der Waals surface area contributed by atoms with Crippen LogP contribution in [0.5, 0.6) is 0 Å². The molecule has 144 valence electrons. The molecular weight excluding hydrogens is 396 g/mol. The van der Waals surface area contributed by atoms with Gasteiger partial charge in [0.05, 0.1) is 12.4 Å². The zero-order valence-corrected chi connectivity index (χ0v) is 14.8. The van der Waals surface area contributed by atoms with Gasteiger partial charge in [-0.05, 0) is 6.92 Å². The monoisotopic (exact) mass is 411 g/mol. The maximum atomic E-state index is 11.3. The fourth-order valence-electron chi connectivity index (χ4n) is 2.66. The number of fused-ring (bicyclic) bond motifs is 1. The van der Waals surface area contributed by atoms with Crippen LogP contribution in [0.3, 0.4) is 0 Å². The highest BCUT2D eigenvalue weighted by Gasteiger charge is 2.50. The second-order valence-electron chi connectivity index (χ2n) is 5.44. The molecule has 4 atom stereocenters. The van der Waals surface area contributed by atoms with Crippen molar-refractivity contribution >= 4 is 32.6 Å². The van der Waals surface area contributed by atoms with Crippen LogP contribution < -0.4 is 5.73 Å². The second-order valence-corrected chi connectivity index (χ2v) is 7.82. The molecule has 0 spiro atoms. The molecule has 0 amide bonds. The Kier molecular flexibility index (Phi) is 4.90. The first kappa shape index (κ1) is 19.3. The fraction of sp³-hybridized carbons (Fsp3) is 0.500. The summed E-state index contributed by atoms with van der Waals surface area (Å²) in [6.07, 6.45) is -2.92. The molecule has 14 nitrogen and oxygen atoms in total. The molecule has 0 saturated carbocycles. The number of rotatable bonds is 5. The minimum Gasteiger partial charge on any atom is -0.382 e. The van der Waals surface area contributed by atoms with Gasteiger partial charge in [-0.15, -0.1) is 0 Å². The van der Waals surface area contributed by atoms with Crippen molar-refractivity contribution in [3.05, 3.63) is 12.7 Å². The van der Waals surface area contributed by atoms with Crippen LogP contribution in [0.15, 0.2) is 12.7 Å². The number of hydrogen-bond acceptors (Lipinski definition) is 9. The van der Waals surface area contributed by atoms with Crippen molar-refractivity contribution in [2.45, 2.75) is 31.5 Å². The Balaban J connectivity index is 2.05. The lowest BCUT2D eigenvalue weighted by atomic mass is 10.1. The molecule has 26 heavy (non-hydrogen) atoms. The largest absolute Gasteiger partial charge is 0.470 e. The molecule has 1 fully saturated rings. The van der Waals surface area contributed by atoms with Gasteiger partial charge in [0.25, 0.3) is 0 Å². The third kappa shape index (κ3) is 3.93. The lowest BCUT2D eigenvalue weighted by molar-refractivity contribution is -0.0292. The van der Waals surface area contributed by atoms with Crippen LogP contribution in [0.4, 0.5) is 5.82 Å². The molecule has 1 saturated heterocycles. The quantitative estimate of drug-likeness (QED) is 0.385. The molecule has 0 unspecified atom stereocenters. The van der Waals surface area contributed by atoms with E-state index in [9.17, 15) is 9.13 Å². The first-order valence-electron chi connectivity index (χ1n) is 7.02. The Labute approximate surface area is 145 Å². The van der Waals surface area contributed by atoms with Gasteiger partial charge >= 0.3 is 15.6 Å². The number of nitrogens with zero attached hydrogens (tertiary/aromatic N) is 4. The van der Waals surface area contributed by atoms with Crippen LogP contribution in [0.1, 0.15) is 13.2 Å². The van der Waals surface area contributed by atoms with Crippen LogP contribution in [0.25, 0.3) is 11.2 Å². The topological polar surface area (TPSA) is 212 Å². The van der Waals surface area contributed by atoms with E-state index >= 15 is 0 Å². The number of nitrogen functional groups attached to an aromatic ring is 1. The van der Waals surface area contributed by atoms with E-state index in [1.54, 1.807) is 0 Å². The molecule has 0 aliphatic carbocycles. The molecule has 3 rings (SSSR count). The average molecular weight is 411 g/mol.